The van der Waals surface area contributed by atoms with Crippen LogP contribution in [0.3, 0.4) is 0 Å². The Balaban J connectivity index is 2.07. The number of para-hydroxylation sites is 1. The van der Waals surface area contributed by atoms with Gasteiger partial charge in [-0.25, -0.2) is 4.39 Å². The van der Waals surface area contributed by atoms with Gasteiger partial charge in [-0.2, -0.15) is 0 Å². The van der Waals surface area contributed by atoms with Gasteiger partial charge >= 0.3 is 0 Å². The minimum Gasteiger partial charge on any atom is -0.349 e. The van der Waals surface area contributed by atoms with Gasteiger partial charge in [-0.3, -0.25) is 9.59 Å². The first-order valence-corrected chi connectivity index (χ1v) is 6.67. The number of anilines is 1. The number of benzene rings is 2. The highest BCUT2D eigenvalue weighted by molar-refractivity contribution is 6.05. The van der Waals surface area contributed by atoms with Crippen molar-refractivity contribution in [3.63, 3.8) is 0 Å². The molecule has 2 N–H and O–H groups in total. The Morgan fingerprint density at radius 3 is 2.18 bits per heavy atom. The maximum atomic E-state index is 13.5. The molecular weight excluding hydrogens is 283 g/mol. The van der Waals surface area contributed by atoms with Crippen molar-refractivity contribution in [2.24, 2.45) is 0 Å². The molecule has 0 atom stereocenters. The minimum atomic E-state index is -0.503. The molecule has 0 aromatic heterocycles. The van der Waals surface area contributed by atoms with E-state index >= 15 is 0 Å². The Bertz CT molecular complexity index is 696. The highest BCUT2D eigenvalue weighted by atomic mass is 19.1. The largest absolute Gasteiger partial charge is 0.349 e. The summed E-state index contributed by atoms with van der Waals surface area (Å²) >= 11 is 0. The van der Waals surface area contributed by atoms with Crippen LogP contribution in [0, 0.1) is 5.82 Å². The van der Waals surface area contributed by atoms with Gasteiger partial charge in [0, 0.05) is 17.7 Å². The van der Waals surface area contributed by atoms with Gasteiger partial charge in [-0.1, -0.05) is 18.2 Å². The van der Waals surface area contributed by atoms with E-state index in [0.717, 1.165) is 0 Å². The molecule has 0 spiro atoms. The second-order valence-corrected chi connectivity index (χ2v) is 4.51. The van der Waals surface area contributed by atoms with Crippen LogP contribution < -0.4 is 10.6 Å². The zero-order chi connectivity index (χ0) is 15.9. The molecule has 0 saturated carbocycles. The molecule has 0 aliphatic rings. The Morgan fingerprint density at radius 1 is 1.00 bits per heavy atom. The molecule has 0 aliphatic carbocycles. The predicted octanol–water partition coefficient (Wildman–Crippen LogP) is 2.99. The molecule has 2 aromatic rings. The molecule has 0 aliphatic heterocycles. The molecule has 0 saturated heterocycles. The first-order valence-electron chi connectivity index (χ1n) is 6.67. The third-order valence-corrected chi connectivity index (χ3v) is 2.94. The summed E-state index contributed by atoms with van der Waals surface area (Å²) in [7, 11) is 0. The molecular formula is C17H15FN2O2. The van der Waals surface area contributed by atoms with Crippen molar-refractivity contribution in [1.82, 2.24) is 5.32 Å². The van der Waals surface area contributed by atoms with Gasteiger partial charge in [0.25, 0.3) is 11.8 Å². The van der Waals surface area contributed by atoms with Crippen LogP contribution in [0.1, 0.15) is 20.7 Å². The van der Waals surface area contributed by atoms with Crippen molar-refractivity contribution < 1.29 is 14.0 Å². The number of amides is 2. The van der Waals surface area contributed by atoms with E-state index in [2.05, 4.69) is 17.2 Å². The molecule has 2 rings (SSSR count). The molecule has 0 heterocycles. The van der Waals surface area contributed by atoms with Crippen LogP contribution in [0.2, 0.25) is 0 Å². The van der Waals surface area contributed by atoms with Crippen LogP contribution in [0.15, 0.2) is 61.2 Å². The number of hydrogen-bond acceptors (Lipinski definition) is 2. The van der Waals surface area contributed by atoms with Gasteiger partial charge in [-0.05, 0) is 36.4 Å². The van der Waals surface area contributed by atoms with Gasteiger partial charge in [0.05, 0.1) is 5.69 Å². The number of carbonyl (C=O) groups is 2. The second-order valence-electron chi connectivity index (χ2n) is 4.51. The average Bonchev–Trinajstić information content (AvgIpc) is 2.55. The monoisotopic (exact) mass is 298 g/mol. The zero-order valence-electron chi connectivity index (χ0n) is 11.8. The summed E-state index contributed by atoms with van der Waals surface area (Å²) in [5.41, 5.74) is 0.883. The molecule has 2 amide bonds. The standard InChI is InChI=1S/C17H15FN2O2/c1-2-11-19-16(21)12-7-9-13(10-8-12)17(22)20-15-6-4-3-5-14(15)18/h2-10H,1,11H2,(H,19,21)(H,20,22). The van der Waals surface area contributed by atoms with Crippen molar-refractivity contribution in [3.05, 3.63) is 78.1 Å². The SMILES string of the molecule is C=CCNC(=O)c1ccc(C(=O)Nc2ccccc2F)cc1. The fraction of sp³-hybridized carbons (Fsp3) is 0.0588. The van der Waals surface area contributed by atoms with Crippen LogP contribution in [0.25, 0.3) is 0 Å². The Morgan fingerprint density at radius 2 is 1.59 bits per heavy atom. The second kappa shape index (κ2) is 7.17. The van der Waals surface area contributed by atoms with Crippen molar-refractivity contribution in [3.8, 4) is 0 Å². The average molecular weight is 298 g/mol. The van der Waals surface area contributed by atoms with Gasteiger partial charge in [0.15, 0.2) is 0 Å². The van der Waals surface area contributed by atoms with Gasteiger partial charge in [0.1, 0.15) is 5.82 Å². The van der Waals surface area contributed by atoms with Crippen molar-refractivity contribution in [2.75, 3.05) is 11.9 Å². The Kier molecular flexibility index (Phi) is 5.03. The number of carbonyl (C=O) groups excluding carboxylic acids is 2. The zero-order valence-corrected chi connectivity index (χ0v) is 11.8. The van der Waals surface area contributed by atoms with Gasteiger partial charge in [0.2, 0.25) is 0 Å². The van der Waals surface area contributed by atoms with E-state index in [1.165, 1.54) is 36.4 Å². The summed E-state index contributed by atoms with van der Waals surface area (Å²) < 4.78 is 13.5. The van der Waals surface area contributed by atoms with Crippen LogP contribution in [0.5, 0.6) is 0 Å². The summed E-state index contributed by atoms with van der Waals surface area (Å²) in [4.78, 5) is 23.7. The third-order valence-electron chi connectivity index (χ3n) is 2.94. The highest BCUT2D eigenvalue weighted by Crippen LogP contribution is 2.14. The fourth-order valence-electron chi connectivity index (χ4n) is 1.80. The van der Waals surface area contributed by atoms with E-state index in [0.29, 0.717) is 17.7 Å². The normalized spacial score (nSPS) is 9.86. The molecule has 2 aromatic carbocycles. The van der Waals surface area contributed by atoms with Crippen LogP contribution in [-0.4, -0.2) is 18.4 Å². The van der Waals surface area contributed by atoms with E-state index in [-0.39, 0.29) is 11.6 Å². The third kappa shape index (κ3) is 3.79. The lowest BCUT2D eigenvalue weighted by Crippen LogP contribution is -2.23. The quantitative estimate of drug-likeness (QED) is 0.834. The first-order chi connectivity index (χ1) is 10.6. The number of rotatable bonds is 5. The van der Waals surface area contributed by atoms with Crippen molar-refractivity contribution in [2.45, 2.75) is 0 Å². The lowest BCUT2D eigenvalue weighted by molar-refractivity contribution is 0.0956. The lowest BCUT2D eigenvalue weighted by Gasteiger charge is -2.07. The predicted molar refractivity (Wildman–Crippen MR) is 83.3 cm³/mol. The smallest absolute Gasteiger partial charge is 0.255 e. The van der Waals surface area contributed by atoms with Gasteiger partial charge in [-0.15, -0.1) is 6.58 Å². The first kappa shape index (κ1) is 15.4. The minimum absolute atomic E-state index is 0.111. The van der Waals surface area contributed by atoms with E-state index in [4.69, 9.17) is 0 Å². The van der Waals surface area contributed by atoms with E-state index in [1.54, 1.807) is 18.2 Å². The molecule has 0 unspecified atom stereocenters. The Labute approximate surface area is 127 Å². The molecule has 0 bridgehead atoms. The molecule has 5 heteroatoms. The molecule has 22 heavy (non-hydrogen) atoms. The van der Waals surface area contributed by atoms with Crippen LogP contribution >= 0.6 is 0 Å². The highest BCUT2D eigenvalue weighted by Gasteiger charge is 2.10. The number of halogens is 1. The lowest BCUT2D eigenvalue weighted by atomic mass is 10.1. The van der Waals surface area contributed by atoms with E-state index < -0.39 is 11.7 Å². The van der Waals surface area contributed by atoms with Crippen LogP contribution in [0.4, 0.5) is 10.1 Å². The summed E-state index contributed by atoms with van der Waals surface area (Å²) in [5, 5.41) is 5.12. The van der Waals surface area contributed by atoms with Crippen molar-refractivity contribution in [1.29, 1.82) is 0 Å². The summed E-state index contributed by atoms with van der Waals surface area (Å²) in [6.07, 6.45) is 1.58. The van der Waals surface area contributed by atoms with Crippen molar-refractivity contribution >= 4 is 17.5 Å². The maximum absolute atomic E-state index is 13.5. The summed E-state index contributed by atoms with van der Waals surface area (Å²) in [6.45, 7) is 3.88. The summed E-state index contributed by atoms with van der Waals surface area (Å²) in [5.74, 6) is -1.19. The number of hydrogen-bond donors (Lipinski definition) is 2. The van der Waals surface area contributed by atoms with Crippen LogP contribution in [-0.2, 0) is 0 Å². The van der Waals surface area contributed by atoms with Gasteiger partial charge < -0.3 is 10.6 Å². The topological polar surface area (TPSA) is 58.2 Å². The molecule has 0 fully saturated rings. The maximum Gasteiger partial charge on any atom is 0.255 e. The fourth-order valence-corrected chi connectivity index (χ4v) is 1.80. The van der Waals surface area contributed by atoms with E-state index in [1.807, 2.05) is 0 Å². The summed E-state index contributed by atoms with van der Waals surface area (Å²) in [6, 6.07) is 12.0. The Hall–Kier alpha value is -2.95. The number of nitrogens with one attached hydrogen (secondary N) is 2. The molecule has 112 valence electrons. The van der Waals surface area contributed by atoms with E-state index in [9.17, 15) is 14.0 Å². The molecule has 4 nitrogen and oxygen atoms in total. The molecule has 0 radical (unpaired) electrons.